The fourth-order valence-electron chi connectivity index (χ4n) is 1.15. The average Bonchev–Trinajstić information content (AvgIpc) is 2.18. The van der Waals surface area contributed by atoms with Crippen LogP contribution in [0.3, 0.4) is 0 Å². The van der Waals surface area contributed by atoms with Gasteiger partial charge in [0.1, 0.15) is 0 Å². The van der Waals surface area contributed by atoms with E-state index in [0.29, 0.717) is 5.88 Å². The maximum Gasteiger partial charge on any atom is 0.0912 e. The molecule has 0 fully saturated rings. The molecule has 13 heavy (non-hydrogen) atoms. The Hall–Kier alpha value is -0.570. The van der Waals surface area contributed by atoms with Crippen molar-refractivity contribution in [3.05, 3.63) is 35.4 Å². The molecule has 1 aromatic rings. The Morgan fingerprint density at radius 1 is 1.31 bits per heavy atom. The van der Waals surface area contributed by atoms with Gasteiger partial charge >= 0.3 is 0 Å². The number of aryl methyl sites for hydroxylation is 1. The van der Waals surface area contributed by atoms with Crippen molar-refractivity contribution < 1.29 is 5.11 Å². The van der Waals surface area contributed by atoms with Gasteiger partial charge in [0, 0.05) is 12.4 Å². The number of benzene rings is 1. The first-order chi connectivity index (χ1) is 6.27. The third kappa shape index (κ3) is 2.99. The van der Waals surface area contributed by atoms with Crippen LogP contribution in [0.1, 0.15) is 17.2 Å². The first kappa shape index (κ1) is 10.5. The molecule has 0 aromatic heterocycles. The predicted octanol–water partition coefficient (Wildman–Crippen LogP) is 1.46. The maximum absolute atomic E-state index is 9.40. The van der Waals surface area contributed by atoms with Gasteiger partial charge in [0.2, 0.25) is 0 Å². The molecule has 1 aromatic carbocycles. The van der Waals surface area contributed by atoms with Crippen LogP contribution in [0.5, 0.6) is 0 Å². The van der Waals surface area contributed by atoms with E-state index in [4.69, 9.17) is 17.3 Å². The molecule has 0 aliphatic heterocycles. The van der Waals surface area contributed by atoms with Crippen LogP contribution in [-0.4, -0.2) is 17.5 Å². The molecule has 72 valence electrons. The van der Waals surface area contributed by atoms with E-state index in [1.165, 1.54) is 5.56 Å². The molecule has 3 heteroatoms. The molecule has 0 aliphatic rings. The minimum Gasteiger partial charge on any atom is -0.387 e. The monoisotopic (exact) mass is 199 g/mol. The lowest BCUT2D eigenvalue weighted by atomic mass is 10.1. The minimum absolute atomic E-state index is 0.259. The van der Waals surface area contributed by atoms with Crippen molar-refractivity contribution >= 4 is 11.6 Å². The van der Waals surface area contributed by atoms with E-state index in [9.17, 15) is 5.11 Å². The number of aliphatic hydroxyl groups is 1. The summed E-state index contributed by atoms with van der Waals surface area (Å²) in [5, 5.41) is 9.40. The second-order valence-corrected chi connectivity index (χ2v) is 3.31. The van der Waals surface area contributed by atoms with E-state index >= 15 is 0 Å². The molecular formula is C10H14ClNO. The molecule has 0 saturated heterocycles. The van der Waals surface area contributed by atoms with Crippen molar-refractivity contribution in [3.8, 4) is 0 Å². The largest absolute Gasteiger partial charge is 0.387 e. The second-order valence-electron chi connectivity index (χ2n) is 2.93. The van der Waals surface area contributed by atoms with Gasteiger partial charge in [-0.3, -0.25) is 0 Å². The van der Waals surface area contributed by atoms with Gasteiger partial charge < -0.3 is 10.8 Å². The fraction of sp³-hybridized carbons (Fsp3) is 0.400. The summed E-state index contributed by atoms with van der Waals surface area (Å²) in [5.41, 5.74) is 7.37. The second kappa shape index (κ2) is 5.22. The molecule has 1 rings (SSSR count). The summed E-state index contributed by atoms with van der Waals surface area (Å²) in [7, 11) is 0. The van der Waals surface area contributed by atoms with E-state index < -0.39 is 6.10 Å². The lowest BCUT2D eigenvalue weighted by molar-refractivity contribution is 0.186. The Kier molecular flexibility index (Phi) is 4.22. The molecule has 1 unspecified atom stereocenters. The molecular weight excluding hydrogens is 186 g/mol. The van der Waals surface area contributed by atoms with Crippen molar-refractivity contribution in [3.63, 3.8) is 0 Å². The number of hydrogen-bond donors (Lipinski definition) is 2. The van der Waals surface area contributed by atoms with Gasteiger partial charge in [0.15, 0.2) is 0 Å². The van der Waals surface area contributed by atoms with Crippen molar-refractivity contribution in [1.82, 2.24) is 0 Å². The number of hydrogen-bond acceptors (Lipinski definition) is 2. The Labute approximate surface area is 83.3 Å². The van der Waals surface area contributed by atoms with Crippen LogP contribution >= 0.6 is 11.6 Å². The zero-order valence-corrected chi connectivity index (χ0v) is 8.17. The van der Waals surface area contributed by atoms with E-state index in [2.05, 4.69) is 0 Å². The molecule has 0 saturated carbocycles. The lowest BCUT2D eigenvalue weighted by Crippen LogP contribution is -2.11. The number of rotatable bonds is 4. The van der Waals surface area contributed by atoms with E-state index in [-0.39, 0.29) is 6.54 Å². The highest BCUT2D eigenvalue weighted by Gasteiger charge is 2.03. The maximum atomic E-state index is 9.40. The van der Waals surface area contributed by atoms with Crippen LogP contribution in [0.25, 0.3) is 0 Å². The number of nitrogens with two attached hydrogens (primary N) is 1. The van der Waals surface area contributed by atoms with Crippen LogP contribution in [0.4, 0.5) is 0 Å². The van der Waals surface area contributed by atoms with Crippen LogP contribution in [0.15, 0.2) is 24.3 Å². The summed E-state index contributed by atoms with van der Waals surface area (Å²) in [5.74, 6) is 0.624. The Morgan fingerprint density at radius 2 is 1.92 bits per heavy atom. The Bertz CT molecular complexity index is 248. The molecule has 0 spiro atoms. The molecule has 3 N–H and O–H groups in total. The highest BCUT2D eigenvalue weighted by Crippen LogP contribution is 2.12. The van der Waals surface area contributed by atoms with E-state index in [1.807, 2.05) is 24.3 Å². The van der Waals surface area contributed by atoms with Crippen molar-refractivity contribution in [1.29, 1.82) is 0 Å². The minimum atomic E-state index is -0.551. The van der Waals surface area contributed by atoms with Crippen molar-refractivity contribution in [2.75, 3.05) is 12.4 Å². The molecule has 2 nitrogen and oxygen atoms in total. The highest BCUT2D eigenvalue weighted by molar-refractivity contribution is 6.17. The molecule has 0 bridgehead atoms. The van der Waals surface area contributed by atoms with Crippen LogP contribution in [0, 0.1) is 0 Å². The average molecular weight is 200 g/mol. The third-order valence-corrected chi connectivity index (χ3v) is 2.16. The quantitative estimate of drug-likeness (QED) is 0.722. The van der Waals surface area contributed by atoms with Gasteiger partial charge in [-0.1, -0.05) is 24.3 Å². The van der Waals surface area contributed by atoms with Gasteiger partial charge in [0.25, 0.3) is 0 Å². The lowest BCUT2D eigenvalue weighted by Gasteiger charge is -2.08. The third-order valence-electron chi connectivity index (χ3n) is 1.97. The topological polar surface area (TPSA) is 46.2 Å². The summed E-state index contributed by atoms with van der Waals surface area (Å²) in [4.78, 5) is 0. The van der Waals surface area contributed by atoms with Gasteiger partial charge in [0.05, 0.1) is 6.10 Å². The molecule has 0 radical (unpaired) electrons. The van der Waals surface area contributed by atoms with Gasteiger partial charge in [-0.15, -0.1) is 11.6 Å². The molecule has 1 atom stereocenters. The number of halogens is 1. The van der Waals surface area contributed by atoms with Gasteiger partial charge in [-0.05, 0) is 17.5 Å². The molecule has 0 heterocycles. The summed E-state index contributed by atoms with van der Waals surface area (Å²) in [6.07, 6.45) is 0.311. The normalized spacial score (nSPS) is 12.8. The smallest absolute Gasteiger partial charge is 0.0912 e. The summed E-state index contributed by atoms with van der Waals surface area (Å²) in [6, 6.07) is 7.71. The first-order valence-corrected chi connectivity index (χ1v) is 4.84. The highest BCUT2D eigenvalue weighted by atomic mass is 35.5. The zero-order chi connectivity index (χ0) is 9.68. The first-order valence-electron chi connectivity index (χ1n) is 4.31. The van der Waals surface area contributed by atoms with Crippen molar-refractivity contribution in [2.24, 2.45) is 5.73 Å². The summed E-state index contributed by atoms with van der Waals surface area (Å²) < 4.78 is 0. The van der Waals surface area contributed by atoms with Crippen LogP contribution < -0.4 is 5.73 Å². The Balaban J connectivity index is 2.69. The van der Waals surface area contributed by atoms with Crippen LogP contribution in [-0.2, 0) is 6.42 Å². The molecule has 0 amide bonds. The summed E-state index contributed by atoms with van der Waals surface area (Å²) >= 11 is 5.60. The number of alkyl halides is 1. The SMILES string of the molecule is NCC(O)c1ccc(CCCl)cc1. The van der Waals surface area contributed by atoms with E-state index in [1.54, 1.807) is 0 Å². The van der Waals surface area contributed by atoms with Crippen LogP contribution in [0.2, 0.25) is 0 Å². The molecule has 0 aliphatic carbocycles. The standard InChI is InChI=1S/C10H14ClNO/c11-6-5-8-1-3-9(4-2-8)10(13)7-12/h1-4,10,13H,5-7,12H2. The summed E-state index contributed by atoms with van der Waals surface area (Å²) in [6.45, 7) is 0.259. The zero-order valence-electron chi connectivity index (χ0n) is 7.41. The van der Waals surface area contributed by atoms with E-state index in [0.717, 1.165) is 12.0 Å². The van der Waals surface area contributed by atoms with Gasteiger partial charge in [-0.2, -0.15) is 0 Å². The predicted molar refractivity (Wildman–Crippen MR) is 54.9 cm³/mol. The van der Waals surface area contributed by atoms with Crippen molar-refractivity contribution in [2.45, 2.75) is 12.5 Å². The van der Waals surface area contributed by atoms with Gasteiger partial charge in [-0.25, -0.2) is 0 Å². The number of aliphatic hydroxyl groups excluding tert-OH is 1. The fourth-order valence-corrected chi connectivity index (χ4v) is 1.37. The Morgan fingerprint density at radius 3 is 2.38 bits per heavy atom.